The van der Waals surface area contributed by atoms with Crippen LogP contribution in [0.1, 0.15) is 60.5 Å². The summed E-state index contributed by atoms with van der Waals surface area (Å²) in [6.45, 7) is 8.76. The van der Waals surface area contributed by atoms with E-state index in [0.29, 0.717) is 25.6 Å². The molecule has 1 atom stereocenters. The van der Waals surface area contributed by atoms with E-state index in [1.165, 1.54) is 5.56 Å². The minimum Gasteiger partial charge on any atom is -0.351 e. The quantitative estimate of drug-likeness (QED) is 0.753. The summed E-state index contributed by atoms with van der Waals surface area (Å²) in [6, 6.07) is 10.1. The summed E-state index contributed by atoms with van der Waals surface area (Å²) in [6.07, 6.45) is 3.32. The van der Waals surface area contributed by atoms with Gasteiger partial charge in [-0.25, -0.2) is 0 Å². The van der Waals surface area contributed by atoms with Crippen molar-refractivity contribution in [3.63, 3.8) is 0 Å². The maximum Gasteiger partial charge on any atom is 0.292 e. The fourth-order valence-corrected chi connectivity index (χ4v) is 4.84. The molecule has 0 radical (unpaired) electrons. The first-order valence-electron chi connectivity index (χ1n) is 11.0. The highest BCUT2D eigenvalue weighted by atomic mass is 16.5. The monoisotopic (exact) mass is 409 g/mol. The molecule has 0 N–H and O–H groups in total. The molecule has 3 heterocycles. The summed E-state index contributed by atoms with van der Waals surface area (Å²) in [5.74, 6) is 0.761. The second-order valence-electron chi connectivity index (χ2n) is 9.36. The SMILES string of the molecule is Cc1cccc(CN2CCCC3(CCN(C(=O)c4cc(CC(C)C)no4)C3)C2=O)c1. The van der Waals surface area contributed by atoms with E-state index in [-0.39, 0.29) is 17.6 Å². The van der Waals surface area contributed by atoms with Crippen molar-refractivity contribution in [2.75, 3.05) is 19.6 Å². The second-order valence-corrected chi connectivity index (χ2v) is 9.36. The third kappa shape index (κ3) is 4.13. The van der Waals surface area contributed by atoms with Crippen LogP contribution in [0, 0.1) is 18.3 Å². The zero-order valence-corrected chi connectivity index (χ0v) is 18.2. The number of carbonyl (C=O) groups excluding carboxylic acids is 2. The van der Waals surface area contributed by atoms with Crippen LogP contribution < -0.4 is 0 Å². The second kappa shape index (κ2) is 8.25. The molecular weight excluding hydrogens is 378 g/mol. The van der Waals surface area contributed by atoms with E-state index in [0.717, 1.165) is 43.5 Å². The van der Waals surface area contributed by atoms with Gasteiger partial charge in [0, 0.05) is 32.2 Å². The topological polar surface area (TPSA) is 66.7 Å². The van der Waals surface area contributed by atoms with E-state index in [1.54, 1.807) is 11.0 Å². The number of likely N-dealkylation sites (tertiary alicyclic amines) is 2. The van der Waals surface area contributed by atoms with Crippen molar-refractivity contribution >= 4 is 11.8 Å². The fraction of sp³-hybridized carbons (Fsp3) is 0.542. The van der Waals surface area contributed by atoms with Crippen LogP contribution in [-0.4, -0.2) is 46.4 Å². The van der Waals surface area contributed by atoms with Gasteiger partial charge in [0.25, 0.3) is 5.91 Å². The highest BCUT2D eigenvalue weighted by molar-refractivity contribution is 5.93. The standard InChI is InChI=1S/C24H31N3O3/c1-17(2)12-20-14-21(30-25-20)22(28)27-11-9-24(16-27)8-5-10-26(23(24)29)15-19-7-4-6-18(3)13-19/h4,6-7,13-14,17H,5,8-12,15-16H2,1-3H3. The minimum absolute atomic E-state index is 0.155. The molecule has 30 heavy (non-hydrogen) atoms. The van der Waals surface area contributed by atoms with Crippen LogP contribution in [0.4, 0.5) is 0 Å². The van der Waals surface area contributed by atoms with E-state index in [9.17, 15) is 9.59 Å². The molecule has 2 aliphatic rings. The van der Waals surface area contributed by atoms with Gasteiger partial charge in [0.1, 0.15) is 0 Å². The molecule has 0 bridgehead atoms. The Labute approximate surface area is 178 Å². The first kappa shape index (κ1) is 20.6. The number of carbonyl (C=O) groups is 2. The Morgan fingerprint density at radius 2 is 2.07 bits per heavy atom. The van der Waals surface area contributed by atoms with Crippen molar-refractivity contribution < 1.29 is 14.1 Å². The largest absolute Gasteiger partial charge is 0.351 e. The molecule has 1 spiro atoms. The summed E-state index contributed by atoms with van der Waals surface area (Å²) < 4.78 is 5.32. The fourth-order valence-electron chi connectivity index (χ4n) is 4.84. The Morgan fingerprint density at radius 1 is 1.23 bits per heavy atom. The molecule has 1 aromatic carbocycles. The van der Waals surface area contributed by atoms with Gasteiger partial charge < -0.3 is 14.3 Å². The molecule has 160 valence electrons. The lowest BCUT2D eigenvalue weighted by molar-refractivity contribution is -0.146. The van der Waals surface area contributed by atoms with Gasteiger partial charge in [-0.3, -0.25) is 9.59 Å². The molecule has 6 heteroatoms. The summed E-state index contributed by atoms with van der Waals surface area (Å²) in [7, 11) is 0. The van der Waals surface area contributed by atoms with Gasteiger partial charge in [-0.1, -0.05) is 48.8 Å². The molecule has 2 aliphatic heterocycles. The number of piperidine rings is 1. The lowest BCUT2D eigenvalue weighted by Gasteiger charge is -2.39. The average molecular weight is 410 g/mol. The van der Waals surface area contributed by atoms with E-state index >= 15 is 0 Å². The van der Waals surface area contributed by atoms with Gasteiger partial charge in [0.2, 0.25) is 11.7 Å². The molecule has 0 saturated carbocycles. The average Bonchev–Trinajstić information content (AvgIpc) is 3.33. The number of rotatable bonds is 5. The molecule has 2 amide bonds. The minimum atomic E-state index is -0.460. The Balaban J connectivity index is 1.44. The number of amides is 2. The summed E-state index contributed by atoms with van der Waals surface area (Å²) in [4.78, 5) is 30.1. The summed E-state index contributed by atoms with van der Waals surface area (Å²) >= 11 is 0. The normalized spacial score (nSPS) is 21.8. The van der Waals surface area contributed by atoms with Crippen molar-refractivity contribution in [3.05, 3.63) is 52.9 Å². The third-order valence-electron chi connectivity index (χ3n) is 6.31. The van der Waals surface area contributed by atoms with Gasteiger partial charge in [-0.15, -0.1) is 0 Å². The van der Waals surface area contributed by atoms with Crippen molar-refractivity contribution in [1.29, 1.82) is 0 Å². The number of aromatic nitrogens is 1. The van der Waals surface area contributed by atoms with Crippen LogP contribution in [0.3, 0.4) is 0 Å². The van der Waals surface area contributed by atoms with Gasteiger partial charge in [0.05, 0.1) is 11.1 Å². The van der Waals surface area contributed by atoms with Crippen molar-refractivity contribution in [2.24, 2.45) is 11.3 Å². The van der Waals surface area contributed by atoms with Crippen LogP contribution in [0.5, 0.6) is 0 Å². The van der Waals surface area contributed by atoms with Crippen molar-refractivity contribution in [1.82, 2.24) is 15.0 Å². The van der Waals surface area contributed by atoms with Gasteiger partial charge in [0.15, 0.2) is 0 Å². The molecule has 2 saturated heterocycles. The van der Waals surface area contributed by atoms with Gasteiger partial charge >= 0.3 is 0 Å². The van der Waals surface area contributed by atoms with E-state index in [1.807, 2.05) is 11.0 Å². The molecule has 1 aromatic heterocycles. The maximum absolute atomic E-state index is 13.4. The lowest BCUT2D eigenvalue weighted by atomic mass is 9.78. The van der Waals surface area contributed by atoms with Crippen LogP contribution in [0.25, 0.3) is 0 Å². The van der Waals surface area contributed by atoms with Crippen LogP contribution >= 0.6 is 0 Å². The van der Waals surface area contributed by atoms with E-state index in [4.69, 9.17) is 4.52 Å². The van der Waals surface area contributed by atoms with E-state index < -0.39 is 5.41 Å². The van der Waals surface area contributed by atoms with Crippen LogP contribution in [0.2, 0.25) is 0 Å². The number of benzene rings is 1. The number of aryl methyl sites for hydroxylation is 1. The Morgan fingerprint density at radius 3 is 2.83 bits per heavy atom. The van der Waals surface area contributed by atoms with Crippen LogP contribution in [-0.2, 0) is 17.8 Å². The number of hydrogen-bond donors (Lipinski definition) is 0. The third-order valence-corrected chi connectivity index (χ3v) is 6.31. The first-order valence-corrected chi connectivity index (χ1v) is 11.0. The Kier molecular flexibility index (Phi) is 5.67. The Bertz CT molecular complexity index is 935. The predicted molar refractivity (Wildman–Crippen MR) is 114 cm³/mol. The predicted octanol–water partition coefficient (Wildman–Crippen LogP) is 3.84. The zero-order chi connectivity index (χ0) is 21.3. The van der Waals surface area contributed by atoms with E-state index in [2.05, 4.69) is 44.1 Å². The smallest absolute Gasteiger partial charge is 0.292 e. The maximum atomic E-state index is 13.4. The molecule has 0 aliphatic carbocycles. The molecular formula is C24H31N3O3. The molecule has 1 unspecified atom stereocenters. The Hall–Kier alpha value is -2.63. The summed E-state index contributed by atoms with van der Waals surface area (Å²) in [5, 5.41) is 4.04. The highest BCUT2D eigenvalue weighted by Gasteiger charge is 2.49. The lowest BCUT2D eigenvalue weighted by Crippen LogP contribution is -2.50. The first-order chi connectivity index (χ1) is 14.4. The number of nitrogens with zero attached hydrogens (tertiary/aromatic N) is 3. The van der Waals surface area contributed by atoms with Crippen molar-refractivity contribution in [3.8, 4) is 0 Å². The molecule has 2 fully saturated rings. The van der Waals surface area contributed by atoms with Crippen LogP contribution in [0.15, 0.2) is 34.9 Å². The highest BCUT2D eigenvalue weighted by Crippen LogP contribution is 2.41. The zero-order valence-electron chi connectivity index (χ0n) is 18.2. The molecule has 2 aromatic rings. The number of hydrogen-bond acceptors (Lipinski definition) is 4. The summed E-state index contributed by atoms with van der Waals surface area (Å²) in [5.41, 5.74) is 2.71. The molecule has 4 rings (SSSR count). The molecule has 6 nitrogen and oxygen atoms in total. The van der Waals surface area contributed by atoms with Gasteiger partial charge in [-0.2, -0.15) is 0 Å². The van der Waals surface area contributed by atoms with Gasteiger partial charge in [-0.05, 0) is 44.1 Å². The van der Waals surface area contributed by atoms with Crippen molar-refractivity contribution in [2.45, 2.75) is 53.0 Å².